The Labute approximate surface area is 134 Å². The maximum absolute atomic E-state index is 13.2. The zero-order valence-corrected chi connectivity index (χ0v) is 13.4. The highest BCUT2D eigenvalue weighted by molar-refractivity contribution is 9.10. The lowest BCUT2D eigenvalue weighted by atomic mass is 9.94. The minimum absolute atomic E-state index is 0.162. The highest BCUT2D eigenvalue weighted by atomic mass is 79.9. The standard InChI is InChI=1S/C15H12BrClF3N/c1-21-14(11-8-9(17)6-7-13(11)16)10-4-2-3-5-12(10)15(18,19)20/h2-8,14,21H,1H3. The monoisotopic (exact) mass is 377 g/mol. The molecule has 0 saturated heterocycles. The number of alkyl halides is 3. The molecule has 0 aliphatic heterocycles. The fourth-order valence-electron chi connectivity index (χ4n) is 2.22. The zero-order valence-electron chi connectivity index (χ0n) is 11.0. The largest absolute Gasteiger partial charge is 0.416 e. The second-order valence-corrected chi connectivity index (χ2v) is 5.76. The molecule has 0 aliphatic carbocycles. The van der Waals surface area contributed by atoms with Crippen LogP contribution in [0.3, 0.4) is 0 Å². The van der Waals surface area contributed by atoms with Crippen molar-refractivity contribution in [3.05, 3.63) is 68.7 Å². The average Bonchev–Trinajstić information content (AvgIpc) is 2.43. The Morgan fingerprint density at radius 2 is 1.76 bits per heavy atom. The van der Waals surface area contributed by atoms with Crippen LogP contribution in [0.4, 0.5) is 13.2 Å². The van der Waals surface area contributed by atoms with Crippen LogP contribution in [-0.4, -0.2) is 7.05 Å². The quantitative estimate of drug-likeness (QED) is 0.751. The van der Waals surface area contributed by atoms with Gasteiger partial charge in [0.1, 0.15) is 0 Å². The highest BCUT2D eigenvalue weighted by Gasteiger charge is 2.35. The van der Waals surface area contributed by atoms with Crippen molar-refractivity contribution in [1.29, 1.82) is 0 Å². The van der Waals surface area contributed by atoms with Crippen molar-refractivity contribution in [2.24, 2.45) is 0 Å². The molecule has 0 spiro atoms. The van der Waals surface area contributed by atoms with Gasteiger partial charge in [0, 0.05) is 9.50 Å². The van der Waals surface area contributed by atoms with Crippen LogP contribution in [0.2, 0.25) is 5.02 Å². The van der Waals surface area contributed by atoms with E-state index in [4.69, 9.17) is 11.6 Å². The summed E-state index contributed by atoms with van der Waals surface area (Å²) in [6.45, 7) is 0. The van der Waals surface area contributed by atoms with Gasteiger partial charge in [-0.25, -0.2) is 0 Å². The first-order chi connectivity index (χ1) is 9.84. The van der Waals surface area contributed by atoms with Crippen LogP contribution in [0.1, 0.15) is 22.7 Å². The summed E-state index contributed by atoms with van der Waals surface area (Å²) in [5.74, 6) is 0. The number of rotatable bonds is 3. The third-order valence-electron chi connectivity index (χ3n) is 3.13. The summed E-state index contributed by atoms with van der Waals surface area (Å²) >= 11 is 9.33. The van der Waals surface area contributed by atoms with E-state index in [-0.39, 0.29) is 5.56 Å². The molecule has 1 atom stereocenters. The van der Waals surface area contributed by atoms with E-state index in [2.05, 4.69) is 21.2 Å². The molecular formula is C15H12BrClF3N. The lowest BCUT2D eigenvalue weighted by Gasteiger charge is -2.23. The van der Waals surface area contributed by atoms with Crippen molar-refractivity contribution in [3.63, 3.8) is 0 Å². The smallest absolute Gasteiger partial charge is 0.309 e. The third kappa shape index (κ3) is 3.59. The van der Waals surface area contributed by atoms with Crippen LogP contribution in [0.25, 0.3) is 0 Å². The van der Waals surface area contributed by atoms with Gasteiger partial charge in [-0.1, -0.05) is 45.7 Å². The Morgan fingerprint density at radius 3 is 2.38 bits per heavy atom. The summed E-state index contributed by atoms with van der Waals surface area (Å²) in [5.41, 5.74) is 0.161. The summed E-state index contributed by atoms with van der Waals surface area (Å²) in [6.07, 6.45) is -4.41. The molecule has 1 nitrogen and oxygen atoms in total. The number of halogens is 5. The van der Waals surface area contributed by atoms with Crippen molar-refractivity contribution >= 4 is 27.5 Å². The fourth-order valence-corrected chi connectivity index (χ4v) is 2.88. The predicted octanol–water partition coefficient (Wildman–Crippen LogP) is 5.43. The van der Waals surface area contributed by atoms with E-state index in [1.54, 1.807) is 31.3 Å². The maximum atomic E-state index is 13.2. The molecule has 0 radical (unpaired) electrons. The highest BCUT2D eigenvalue weighted by Crippen LogP contribution is 2.38. The molecule has 6 heteroatoms. The van der Waals surface area contributed by atoms with Crippen molar-refractivity contribution in [2.75, 3.05) is 7.05 Å². The second-order valence-electron chi connectivity index (χ2n) is 4.47. The first kappa shape index (κ1) is 16.3. The van der Waals surface area contributed by atoms with Crippen molar-refractivity contribution in [3.8, 4) is 0 Å². The molecule has 1 unspecified atom stereocenters. The average molecular weight is 379 g/mol. The first-order valence-electron chi connectivity index (χ1n) is 6.13. The summed E-state index contributed by atoms with van der Waals surface area (Å²) in [7, 11) is 1.62. The Balaban J connectivity index is 2.60. The van der Waals surface area contributed by atoms with Gasteiger partial charge in [0.25, 0.3) is 0 Å². The summed E-state index contributed by atoms with van der Waals surface area (Å²) in [6, 6.07) is 9.96. The Hall–Kier alpha value is -1.04. The lowest BCUT2D eigenvalue weighted by molar-refractivity contribution is -0.138. The van der Waals surface area contributed by atoms with Gasteiger partial charge in [-0.15, -0.1) is 0 Å². The Kier molecular flexibility index (Phi) is 4.96. The maximum Gasteiger partial charge on any atom is 0.416 e. The SMILES string of the molecule is CNC(c1cc(Cl)ccc1Br)c1ccccc1C(F)(F)F. The van der Waals surface area contributed by atoms with Crippen molar-refractivity contribution in [2.45, 2.75) is 12.2 Å². The molecular weight excluding hydrogens is 367 g/mol. The van der Waals surface area contributed by atoms with Gasteiger partial charge in [-0.2, -0.15) is 13.2 Å². The van der Waals surface area contributed by atoms with Gasteiger partial charge in [0.05, 0.1) is 11.6 Å². The van der Waals surface area contributed by atoms with Crippen LogP contribution in [0, 0.1) is 0 Å². The molecule has 21 heavy (non-hydrogen) atoms. The number of nitrogens with one attached hydrogen (secondary N) is 1. The number of hydrogen-bond acceptors (Lipinski definition) is 1. The van der Waals surface area contributed by atoms with Crippen molar-refractivity contribution in [1.82, 2.24) is 5.32 Å². The first-order valence-corrected chi connectivity index (χ1v) is 7.30. The molecule has 2 aromatic rings. The molecule has 0 bridgehead atoms. The van der Waals surface area contributed by atoms with Gasteiger partial charge in [0.15, 0.2) is 0 Å². The van der Waals surface area contributed by atoms with E-state index < -0.39 is 17.8 Å². The van der Waals surface area contributed by atoms with E-state index in [1.807, 2.05) is 0 Å². The minimum atomic E-state index is -4.41. The van der Waals surface area contributed by atoms with E-state index in [0.717, 1.165) is 6.07 Å². The third-order valence-corrected chi connectivity index (χ3v) is 4.09. The van der Waals surface area contributed by atoms with Gasteiger partial charge in [-0.05, 0) is 42.4 Å². The molecule has 2 rings (SSSR count). The molecule has 0 aliphatic rings. The lowest BCUT2D eigenvalue weighted by Crippen LogP contribution is -2.22. The normalized spacial score (nSPS) is 13.2. The summed E-state index contributed by atoms with van der Waals surface area (Å²) < 4.78 is 40.2. The van der Waals surface area contributed by atoms with Crippen LogP contribution in [0.5, 0.6) is 0 Å². The van der Waals surface area contributed by atoms with Crippen LogP contribution < -0.4 is 5.32 Å². The van der Waals surface area contributed by atoms with Gasteiger partial charge < -0.3 is 5.32 Å². The predicted molar refractivity (Wildman–Crippen MR) is 81.5 cm³/mol. The Morgan fingerprint density at radius 1 is 1.10 bits per heavy atom. The molecule has 0 heterocycles. The summed E-state index contributed by atoms with van der Waals surface area (Å²) in [5, 5.41) is 3.40. The number of hydrogen-bond donors (Lipinski definition) is 1. The summed E-state index contributed by atoms with van der Waals surface area (Å²) in [4.78, 5) is 0. The zero-order chi connectivity index (χ0) is 15.6. The molecule has 0 saturated carbocycles. The van der Waals surface area contributed by atoms with Crippen molar-refractivity contribution < 1.29 is 13.2 Å². The molecule has 0 aromatic heterocycles. The van der Waals surface area contributed by atoms with Gasteiger partial charge in [0.2, 0.25) is 0 Å². The van der Waals surface area contributed by atoms with E-state index in [9.17, 15) is 13.2 Å². The molecule has 1 N–H and O–H groups in total. The fraction of sp³-hybridized carbons (Fsp3) is 0.200. The van der Waals surface area contributed by atoms with Crippen LogP contribution in [-0.2, 0) is 6.18 Å². The van der Waals surface area contributed by atoms with Crippen LogP contribution in [0.15, 0.2) is 46.9 Å². The van der Waals surface area contributed by atoms with E-state index >= 15 is 0 Å². The van der Waals surface area contributed by atoms with Crippen LogP contribution >= 0.6 is 27.5 Å². The molecule has 112 valence electrons. The minimum Gasteiger partial charge on any atom is -0.309 e. The molecule has 0 amide bonds. The van der Waals surface area contributed by atoms with Gasteiger partial charge >= 0.3 is 6.18 Å². The van der Waals surface area contributed by atoms with E-state index in [0.29, 0.717) is 15.1 Å². The molecule has 0 fully saturated rings. The van der Waals surface area contributed by atoms with Gasteiger partial charge in [-0.3, -0.25) is 0 Å². The van der Waals surface area contributed by atoms with E-state index in [1.165, 1.54) is 12.1 Å². The topological polar surface area (TPSA) is 12.0 Å². The number of benzene rings is 2. The molecule has 2 aromatic carbocycles. The Bertz CT molecular complexity index is 643. The second kappa shape index (κ2) is 6.38.